The average molecular weight is 491 g/mol. The lowest BCUT2D eigenvalue weighted by Gasteiger charge is -2.22. The highest BCUT2D eigenvalue weighted by atomic mass is 32.2. The Bertz CT molecular complexity index is 1180. The van der Waals surface area contributed by atoms with Gasteiger partial charge in [-0.2, -0.15) is 13.2 Å². The van der Waals surface area contributed by atoms with Crippen LogP contribution in [0.15, 0.2) is 35.4 Å². The zero-order valence-electron chi connectivity index (χ0n) is 17.7. The van der Waals surface area contributed by atoms with Gasteiger partial charge in [0.2, 0.25) is 0 Å². The summed E-state index contributed by atoms with van der Waals surface area (Å²) in [7, 11) is -3.19. The van der Waals surface area contributed by atoms with E-state index in [4.69, 9.17) is 0 Å². The lowest BCUT2D eigenvalue weighted by Crippen LogP contribution is -2.45. The summed E-state index contributed by atoms with van der Waals surface area (Å²) < 4.78 is 78.9. The van der Waals surface area contributed by atoms with Crippen molar-refractivity contribution in [2.45, 2.75) is 36.9 Å². The third kappa shape index (κ3) is 6.05. The molecule has 8 nitrogen and oxygen atoms in total. The van der Waals surface area contributed by atoms with Gasteiger partial charge in [0.05, 0.1) is 39.4 Å². The number of aliphatic hydroxyl groups is 1. The second-order valence-electron chi connectivity index (χ2n) is 7.28. The predicted octanol–water partition coefficient (Wildman–Crippen LogP) is 2.32. The minimum absolute atomic E-state index is 0.0195. The van der Waals surface area contributed by atoms with Crippen LogP contribution in [-0.4, -0.2) is 48.7 Å². The molecule has 0 radical (unpaired) electrons. The molecule has 2 aromatic rings. The molecule has 1 aromatic carbocycles. The van der Waals surface area contributed by atoms with Gasteiger partial charge < -0.3 is 15.7 Å². The number of amides is 2. The van der Waals surface area contributed by atoms with Crippen molar-refractivity contribution in [3.63, 3.8) is 0 Å². The smallest absolute Gasteiger partial charge is 0.379 e. The minimum Gasteiger partial charge on any atom is -0.379 e. The summed E-state index contributed by atoms with van der Waals surface area (Å²) in [6.07, 6.45) is -3.81. The van der Waals surface area contributed by atoms with E-state index in [1.54, 1.807) is 0 Å². The van der Waals surface area contributed by atoms with Crippen molar-refractivity contribution in [3.8, 4) is 0 Å². The number of alkyl halides is 3. The first-order valence-corrected chi connectivity index (χ1v) is 11.1. The minimum atomic E-state index is -4.74. The maximum atomic E-state index is 14.1. The number of anilines is 1. The number of hydrogen-bond acceptors (Lipinski definition) is 6. The molecule has 0 unspecified atom stereocenters. The normalized spacial score (nSPS) is 13.8. The van der Waals surface area contributed by atoms with Crippen LogP contribution in [0.3, 0.4) is 0 Å². The van der Waals surface area contributed by atoms with Crippen molar-refractivity contribution in [1.82, 2.24) is 10.3 Å². The number of aryl methyl sites for hydroxylation is 1. The number of aromatic nitrogens is 1. The molecule has 33 heavy (non-hydrogen) atoms. The Kier molecular flexibility index (Phi) is 7.49. The second-order valence-corrected chi connectivity index (χ2v) is 9.27. The Morgan fingerprint density at radius 1 is 1.18 bits per heavy atom. The Morgan fingerprint density at radius 2 is 1.82 bits per heavy atom. The largest absolute Gasteiger partial charge is 0.418 e. The van der Waals surface area contributed by atoms with E-state index in [2.05, 4.69) is 10.3 Å². The van der Waals surface area contributed by atoms with Gasteiger partial charge >= 0.3 is 6.18 Å². The molecular formula is C20H21F4N3O5S. The van der Waals surface area contributed by atoms with Crippen LogP contribution in [-0.2, 0) is 27.2 Å². The number of nitrogens with one attached hydrogen (secondary N) is 2. The highest BCUT2D eigenvalue weighted by Crippen LogP contribution is 2.33. The van der Waals surface area contributed by atoms with Gasteiger partial charge in [-0.05, 0) is 37.6 Å². The first-order chi connectivity index (χ1) is 15.1. The van der Waals surface area contributed by atoms with Crippen molar-refractivity contribution >= 4 is 27.3 Å². The summed E-state index contributed by atoms with van der Waals surface area (Å²) in [4.78, 5) is 27.0. The predicted molar refractivity (Wildman–Crippen MR) is 110 cm³/mol. The van der Waals surface area contributed by atoms with Crippen LogP contribution in [0, 0.1) is 5.82 Å². The summed E-state index contributed by atoms with van der Waals surface area (Å²) in [5.74, 6) is -4.45. The number of benzene rings is 1. The fourth-order valence-corrected chi connectivity index (χ4v) is 4.48. The monoisotopic (exact) mass is 491 g/mol. The molecule has 3 N–H and O–H groups in total. The maximum absolute atomic E-state index is 14.1. The van der Waals surface area contributed by atoms with E-state index >= 15 is 0 Å². The number of carbonyl (C=O) groups excluding carboxylic acids is 2. The summed E-state index contributed by atoms with van der Waals surface area (Å²) >= 11 is 0. The number of nitrogens with zero attached hydrogens (tertiary/aromatic N) is 1. The number of sulfone groups is 1. The van der Waals surface area contributed by atoms with Crippen molar-refractivity contribution in [1.29, 1.82) is 0 Å². The molecule has 0 aliphatic heterocycles. The first kappa shape index (κ1) is 26.2. The second kappa shape index (κ2) is 9.43. The number of pyridine rings is 1. The number of carbonyl (C=O) groups is 2. The zero-order chi connectivity index (χ0) is 25.2. The van der Waals surface area contributed by atoms with E-state index in [1.807, 2.05) is 5.32 Å². The molecule has 0 bridgehead atoms. The molecule has 1 heterocycles. The van der Waals surface area contributed by atoms with E-state index in [0.29, 0.717) is 12.1 Å². The summed E-state index contributed by atoms with van der Waals surface area (Å²) in [6, 6.07) is 3.05. The molecule has 0 spiro atoms. The van der Waals surface area contributed by atoms with E-state index < -0.39 is 66.7 Å². The van der Waals surface area contributed by atoms with Crippen LogP contribution in [0.25, 0.3) is 0 Å². The van der Waals surface area contributed by atoms with E-state index in [-0.39, 0.29) is 12.1 Å². The number of rotatable bonds is 7. The molecule has 0 fully saturated rings. The van der Waals surface area contributed by atoms with Crippen LogP contribution in [0.4, 0.5) is 23.2 Å². The Morgan fingerprint density at radius 3 is 2.33 bits per heavy atom. The standard InChI is InChI=1S/C20H21F4N3O5S/c1-4-16-14(20(22,23)24)7-11(9-26-16)27-18(29)19(2,30)10-33(31,32)12-5-6-13(15(21)8-12)17(28)25-3/h5-9,30H,4,10H2,1-3H3,(H,25,28)(H,27,29)/t19-/m0/s1. The van der Waals surface area contributed by atoms with Crippen LogP contribution < -0.4 is 10.6 Å². The fraction of sp³-hybridized carbons (Fsp3) is 0.350. The lowest BCUT2D eigenvalue weighted by atomic mass is 10.1. The Balaban J connectivity index is 2.27. The Labute approximate surface area is 186 Å². The van der Waals surface area contributed by atoms with E-state index in [9.17, 15) is 40.7 Å². The van der Waals surface area contributed by atoms with Crippen LogP contribution >= 0.6 is 0 Å². The Hall–Kier alpha value is -3.06. The van der Waals surface area contributed by atoms with Crippen LogP contribution in [0.1, 0.15) is 35.5 Å². The molecule has 180 valence electrons. The molecule has 13 heteroatoms. The lowest BCUT2D eigenvalue weighted by molar-refractivity contribution is -0.138. The zero-order valence-corrected chi connectivity index (χ0v) is 18.6. The third-order valence-electron chi connectivity index (χ3n) is 4.60. The van der Waals surface area contributed by atoms with Gasteiger partial charge in [-0.25, -0.2) is 12.8 Å². The van der Waals surface area contributed by atoms with Gasteiger partial charge in [-0.3, -0.25) is 14.6 Å². The molecular weight excluding hydrogens is 470 g/mol. The maximum Gasteiger partial charge on any atom is 0.418 e. The summed E-state index contributed by atoms with van der Waals surface area (Å²) in [5, 5.41) is 14.6. The quantitative estimate of drug-likeness (QED) is 0.511. The van der Waals surface area contributed by atoms with Gasteiger partial charge in [-0.1, -0.05) is 6.92 Å². The van der Waals surface area contributed by atoms with Gasteiger partial charge in [0.15, 0.2) is 15.4 Å². The molecule has 2 amide bonds. The summed E-state index contributed by atoms with van der Waals surface area (Å²) in [5.41, 5.74) is -4.75. The van der Waals surface area contributed by atoms with Gasteiger partial charge in [0.25, 0.3) is 11.8 Å². The molecule has 0 saturated heterocycles. The molecule has 2 rings (SSSR count). The van der Waals surface area contributed by atoms with Crippen molar-refractivity contribution in [2.75, 3.05) is 18.1 Å². The van der Waals surface area contributed by atoms with Crippen LogP contribution in [0.5, 0.6) is 0 Å². The van der Waals surface area contributed by atoms with Crippen LogP contribution in [0.2, 0.25) is 0 Å². The SMILES string of the molecule is CCc1ncc(NC(=O)[C@@](C)(O)CS(=O)(=O)c2ccc(C(=O)NC)c(F)c2)cc1C(F)(F)F. The number of hydrogen-bond donors (Lipinski definition) is 3. The fourth-order valence-electron chi connectivity index (χ4n) is 2.88. The van der Waals surface area contributed by atoms with Gasteiger partial charge in [0, 0.05) is 7.05 Å². The molecule has 1 atom stereocenters. The molecule has 0 aliphatic rings. The summed E-state index contributed by atoms with van der Waals surface area (Å²) in [6.45, 7) is 2.31. The molecule has 1 aromatic heterocycles. The van der Waals surface area contributed by atoms with E-state index in [1.165, 1.54) is 14.0 Å². The van der Waals surface area contributed by atoms with Gasteiger partial charge in [-0.15, -0.1) is 0 Å². The van der Waals surface area contributed by atoms with Crippen molar-refractivity contribution in [2.24, 2.45) is 0 Å². The third-order valence-corrected chi connectivity index (χ3v) is 6.51. The number of halogens is 4. The average Bonchev–Trinajstić information content (AvgIpc) is 2.71. The van der Waals surface area contributed by atoms with E-state index in [0.717, 1.165) is 25.3 Å². The topological polar surface area (TPSA) is 125 Å². The highest BCUT2D eigenvalue weighted by Gasteiger charge is 2.38. The molecule has 0 saturated carbocycles. The first-order valence-electron chi connectivity index (χ1n) is 9.46. The van der Waals surface area contributed by atoms with Crippen molar-refractivity contribution in [3.05, 3.63) is 53.1 Å². The highest BCUT2D eigenvalue weighted by molar-refractivity contribution is 7.91. The van der Waals surface area contributed by atoms with Crippen molar-refractivity contribution < 1.29 is 40.7 Å². The molecule has 0 aliphatic carbocycles. The van der Waals surface area contributed by atoms with Gasteiger partial charge in [0.1, 0.15) is 5.82 Å².